The SMILES string of the molecule is C=CCC[C@H](NC(=O)CO)C(=O)OC. The van der Waals surface area contributed by atoms with Gasteiger partial charge < -0.3 is 15.2 Å². The van der Waals surface area contributed by atoms with Gasteiger partial charge in [-0.2, -0.15) is 0 Å². The summed E-state index contributed by atoms with van der Waals surface area (Å²) in [5.74, 6) is -1.11. The van der Waals surface area contributed by atoms with E-state index in [9.17, 15) is 9.59 Å². The van der Waals surface area contributed by atoms with Gasteiger partial charge in [0.1, 0.15) is 12.6 Å². The van der Waals surface area contributed by atoms with Gasteiger partial charge in [0.15, 0.2) is 0 Å². The fourth-order valence-corrected chi connectivity index (χ4v) is 0.916. The van der Waals surface area contributed by atoms with Crippen LogP contribution >= 0.6 is 0 Å². The summed E-state index contributed by atoms with van der Waals surface area (Å²) < 4.78 is 4.49. The molecule has 0 bridgehead atoms. The minimum Gasteiger partial charge on any atom is -0.467 e. The lowest BCUT2D eigenvalue weighted by Gasteiger charge is -2.14. The molecule has 14 heavy (non-hydrogen) atoms. The number of methoxy groups -OCH3 is 1. The molecule has 2 N–H and O–H groups in total. The van der Waals surface area contributed by atoms with Crippen LogP contribution in [0.4, 0.5) is 0 Å². The van der Waals surface area contributed by atoms with Crippen LogP contribution in [0.1, 0.15) is 12.8 Å². The first-order valence-electron chi connectivity index (χ1n) is 4.24. The zero-order valence-corrected chi connectivity index (χ0v) is 8.16. The van der Waals surface area contributed by atoms with Gasteiger partial charge in [-0.25, -0.2) is 4.79 Å². The molecular formula is C9H15NO4. The molecule has 5 nitrogen and oxygen atoms in total. The number of carbonyl (C=O) groups excluding carboxylic acids is 2. The van der Waals surface area contributed by atoms with E-state index in [0.29, 0.717) is 12.8 Å². The number of allylic oxidation sites excluding steroid dienone is 1. The van der Waals surface area contributed by atoms with Crippen molar-refractivity contribution in [1.29, 1.82) is 0 Å². The number of hydrogen-bond acceptors (Lipinski definition) is 4. The second-order valence-electron chi connectivity index (χ2n) is 2.67. The molecule has 0 aromatic carbocycles. The number of amides is 1. The van der Waals surface area contributed by atoms with Crippen LogP contribution in [0.15, 0.2) is 12.7 Å². The maximum atomic E-state index is 11.1. The summed E-state index contributed by atoms with van der Waals surface area (Å²) in [6.07, 6.45) is 2.65. The Morgan fingerprint density at radius 3 is 2.71 bits per heavy atom. The summed E-state index contributed by atoms with van der Waals surface area (Å²) >= 11 is 0. The third-order valence-electron chi connectivity index (χ3n) is 1.62. The standard InChI is InChI=1S/C9H15NO4/c1-3-4-5-7(9(13)14-2)10-8(12)6-11/h3,7,11H,1,4-6H2,2H3,(H,10,12)/t7-/m0/s1. The topological polar surface area (TPSA) is 75.6 Å². The number of rotatable bonds is 6. The lowest BCUT2D eigenvalue weighted by Crippen LogP contribution is -2.42. The summed E-state index contributed by atoms with van der Waals surface area (Å²) in [5.41, 5.74) is 0. The molecule has 0 aromatic rings. The van der Waals surface area contributed by atoms with Crippen molar-refractivity contribution in [3.8, 4) is 0 Å². The van der Waals surface area contributed by atoms with Gasteiger partial charge in [-0.3, -0.25) is 4.79 Å². The van der Waals surface area contributed by atoms with E-state index in [1.807, 2.05) is 0 Å². The summed E-state index contributed by atoms with van der Waals surface area (Å²) in [4.78, 5) is 21.9. The molecule has 5 heteroatoms. The highest BCUT2D eigenvalue weighted by atomic mass is 16.5. The number of carbonyl (C=O) groups is 2. The molecule has 0 fully saturated rings. The molecule has 0 aromatic heterocycles. The van der Waals surface area contributed by atoms with E-state index in [1.54, 1.807) is 6.08 Å². The van der Waals surface area contributed by atoms with Gasteiger partial charge in [0, 0.05) is 0 Å². The van der Waals surface area contributed by atoms with E-state index in [1.165, 1.54) is 7.11 Å². The minimum atomic E-state index is -0.711. The van der Waals surface area contributed by atoms with Crippen LogP contribution in [0.5, 0.6) is 0 Å². The third-order valence-corrected chi connectivity index (χ3v) is 1.62. The number of esters is 1. The molecule has 0 aliphatic rings. The van der Waals surface area contributed by atoms with Gasteiger partial charge in [0.2, 0.25) is 5.91 Å². The van der Waals surface area contributed by atoms with Crippen molar-refractivity contribution in [3.63, 3.8) is 0 Å². The molecule has 0 saturated carbocycles. The highest BCUT2D eigenvalue weighted by Crippen LogP contribution is 1.99. The zero-order valence-electron chi connectivity index (χ0n) is 8.16. The molecule has 0 rings (SSSR count). The highest BCUT2D eigenvalue weighted by Gasteiger charge is 2.19. The van der Waals surface area contributed by atoms with Gasteiger partial charge in [0.05, 0.1) is 7.11 Å². The normalized spacial score (nSPS) is 11.6. The molecule has 0 aliphatic carbocycles. The Morgan fingerprint density at radius 1 is 1.64 bits per heavy atom. The van der Waals surface area contributed by atoms with Gasteiger partial charge in [0.25, 0.3) is 0 Å². The fourth-order valence-electron chi connectivity index (χ4n) is 0.916. The second-order valence-corrected chi connectivity index (χ2v) is 2.67. The van der Waals surface area contributed by atoms with Crippen molar-refractivity contribution in [2.45, 2.75) is 18.9 Å². The lowest BCUT2D eigenvalue weighted by atomic mass is 10.1. The van der Waals surface area contributed by atoms with Crippen molar-refractivity contribution in [2.75, 3.05) is 13.7 Å². The van der Waals surface area contributed by atoms with Crippen molar-refractivity contribution < 1.29 is 19.4 Å². The summed E-state index contributed by atoms with van der Waals surface area (Å²) in [7, 11) is 1.24. The molecule has 0 saturated heterocycles. The Kier molecular flexibility index (Phi) is 6.39. The van der Waals surface area contributed by atoms with E-state index in [2.05, 4.69) is 16.6 Å². The lowest BCUT2D eigenvalue weighted by molar-refractivity contribution is -0.145. The molecule has 0 heterocycles. The first-order valence-corrected chi connectivity index (χ1v) is 4.24. The maximum absolute atomic E-state index is 11.1. The van der Waals surface area contributed by atoms with E-state index < -0.39 is 24.5 Å². The summed E-state index contributed by atoms with van der Waals surface area (Å²) in [5, 5.41) is 10.8. The first-order chi connectivity index (χ1) is 6.65. The van der Waals surface area contributed by atoms with Crippen molar-refractivity contribution in [3.05, 3.63) is 12.7 Å². The van der Waals surface area contributed by atoms with Gasteiger partial charge in [-0.05, 0) is 12.8 Å². The second kappa shape index (κ2) is 7.08. The van der Waals surface area contributed by atoms with E-state index in [-0.39, 0.29) is 0 Å². The van der Waals surface area contributed by atoms with Crippen molar-refractivity contribution >= 4 is 11.9 Å². The Hall–Kier alpha value is -1.36. The van der Waals surface area contributed by atoms with Crippen LogP contribution < -0.4 is 5.32 Å². The molecule has 0 spiro atoms. The monoisotopic (exact) mass is 201 g/mol. The van der Waals surface area contributed by atoms with E-state index in [4.69, 9.17) is 5.11 Å². The number of ether oxygens (including phenoxy) is 1. The Labute approximate surface area is 82.7 Å². The maximum Gasteiger partial charge on any atom is 0.328 e. The Balaban J connectivity index is 4.16. The van der Waals surface area contributed by atoms with Gasteiger partial charge >= 0.3 is 5.97 Å². The zero-order chi connectivity index (χ0) is 11.0. The van der Waals surface area contributed by atoms with Crippen LogP contribution in [-0.4, -0.2) is 36.7 Å². The predicted octanol–water partition coefficient (Wildman–Crippen LogP) is -0.397. The van der Waals surface area contributed by atoms with Crippen LogP contribution in [0.25, 0.3) is 0 Å². The van der Waals surface area contributed by atoms with Crippen LogP contribution in [-0.2, 0) is 14.3 Å². The summed E-state index contributed by atoms with van der Waals surface area (Å²) in [6.45, 7) is 2.87. The minimum absolute atomic E-state index is 0.419. The summed E-state index contributed by atoms with van der Waals surface area (Å²) in [6, 6.07) is -0.711. The molecule has 0 unspecified atom stereocenters. The van der Waals surface area contributed by atoms with Gasteiger partial charge in [-0.1, -0.05) is 6.08 Å². The fraction of sp³-hybridized carbons (Fsp3) is 0.556. The molecule has 0 radical (unpaired) electrons. The number of aliphatic hydroxyl groups excluding tert-OH is 1. The number of hydrogen-bond donors (Lipinski definition) is 2. The number of nitrogens with one attached hydrogen (secondary N) is 1. The van der Waals surface area contributed by atoms with Crippen LogP contribution in [0.3, 0.4) is 0 Å². The number of aliphatic hydroxyl groups is 1. The Bertz CT molecular complexity index is 215. The average molecular weight is 201 g/mol. The van der Waals surface area contributed by atoms with Crippen molar-refractivity contribution in [2.24, 2.45) is 0 Å². The largest absolute Gasteiger partial charge is 0.467 e. The van der Waals surface area contributed by atoms with E-state index in [0.717, 1.165) is 0 Å². The molecule has 0 aliphatic heterocycles. The third kappa shape index (κ3) is 4.61. The van der Waals surface area contributed by atoms with Gasteiger partial charge in [-0.15, -0.1) is 6.58 Å². The molecule has 80 valence electrons. The molecule has 1 atom stereocenters. The van der Waals surface area contributed by atoms with Crippen LogP contribution in [0.2, 0.25) is 0 Å². The average Bonchev–Trinajstić information content (AvgIpc) is 2.22. The Morgan fingerprint density at radius 2 is 2.29 bits per heavy atom. The van der Waals surface area contributed by atoms with E-state index >= 15 is 0 Å². The highest BCUT2D eigenvalue weighted by molar-refractivity contribution is 5.84. The first kappa shape index (κ1) is 12.6. The smallest absolute Gasteiger partial charge is 0.328 e. The predicted molar refractivity (Wildman–Crippen MR) is 50.5 cm³/mol. The molecular weight excluding hydrogens is 186 g/mol. The quantitative estimate of drug-likeness (QED) is 0.453. The van der Waals surface area contributed by atoms with Crippen LogP contribution in [0, 0.1) is 0 Å². The molecule has 1 amide bonds. The van der Waals surface area contributed by atoms with Crippen molar-refractivity contribution in [1.82, 2.24) is 5.32 Å².